The Balaban J connectivity index is 1.74. The van der Waals surface area contributed by atoms with Gasteiger partial charge in [0.05, 0.1) is 0 Å². The largest absolute Gasteiger partial charge is 0.354 e. The molecule has 0 saturated carbocycles. The van der Waals surface area contributed by atoms with E-state index in [0.717, 1.165) is 39.3 Å². The summed E-state index contributed by atoms with van der Waals surface area (Å²) in [5.74, 6) is 0. The molecule has 1 saturated heterocycles. The van der Waals surface area contributed by atoms with Gasteiger partial charge in [-0.3, -0.25) is 5.43 Å². The normalized spacial score (nSPS) is 19.1. The van der Waals surface area contributed by atoms with Gasteiger partial charge in [0, 0.05) is 51.7 Å². The molecule has 1 aromatic rings. The van der Waals surface area contributed by atoms with Crippen molar-refractivity contribution in [2.45, 2.75) is 20.0 Å². The summed E-state index contributed by atoms with van der Waals surface area (Å²) in [5.41, 5.74) is 4.85. The Bertz CT molecular complexity index is 313. The van der Waals surface area contributed by atoms with Crippen LogP contribution >= 0.6 is 0 Å². The Kier molecular flexibility index (Phi) is 3.98. The van der Waals surface area contributed by atoms with Crippen LogP contribution in [0.25, 0.3) is 0 Å². The second kappa shape index (κ2) is 5.48. The van der Waals surface area contributed by atoms with Gasteiger partial charge >= 0.3 is 0 Å². The van der Waals surface area contributed by atoms with Crippen molar-refractivity contribution in [3.8, 4) is 0 Å². The molecule has 1 fully saturated rings. The van der Waals surface area contributed by atoms with Gasteiger partial charge in [-0.05, 0) is 25.6 Å². The van der Waals surface area contributed by atoms with E-state index >= 15 is 0 Å². The minimum atomic E-state index is 0.941. The van der Waals surface area contributed by atoms with Crippen LogP contribution in [0.3, 0.4) is 0 Å². The summed E-state index contributed by atoms with van der Waals surface area (Å²) in [4.78, 5) is 2.37. The van der Waals surface area contributed by atoms with E-state index < -0.39 is 0 Å². The van der Waals surface area contributed by atoms with Crippen LogP contribution in [0.4, 0.5) is 0 Å². The number of aryl methyl sites for hydroxylation is 1. The lowest BCUT2D eigenvalue weighted by Crippen LogP contribution is -2.50. The number of rotatable bonds is 4. The molecule has 4 nitrogen and oxygen atoms in total. The second-order valence-corrected chi connectivity index (χ2v) is 4.48. The standard InChI is InChI=1S/C12H22N4/c1-3-15-5-4-12(11-15)10-13-16-8-6-14(2)7-9-16/h4-5,11,13H,3,6-10H2,1-2H3. The zero-order valence-corrected chi connectivity index (χ0v) is 10.3. The number of aromatic nitrogens is 1. The minimum absolute atomic E-state index is 0.941. The zero-order valence-electron chi connectivity index (χ0n) is 10.3. The lowest BCUT2D eigenvalue weighted by atomic mass is 10.3. The fourth-order valence-corrected chi connectivity index (χ4v) is 1.96. The molecule has 1 aliphatic rings. The van der Waals surface area contributed by atoms with Crippen LogP contribution in [0.5, 0.6) is 0 Å². The molecule has 0 radical (unpaired) electrons. The fourth-order valence-electron chi connectivity index (χ4n) is 1.96. The lowest BCUT2D eigenvalue weighted by molar-refractivity contribution is 0.102. The minimum Gasteiger partial charge on any atom is -0.354 e. The molecule has 4 heteroatoms. The van der Waals surface area contributed by atoms with Crippen molar-refractivity contribution in [2.75, 3.05) is 33.2 Å². The predicted molar refractivity (Wildman–Crippen MR) is 66.0 cm³/mol. The van der Waals surface area contributed by atoms with Crippen molar-refractivity contribution >= 4 is 0 Å². The average molecular weight is 222 g/mol. The van der Waals surface area contributed by atoms with Gasteiger partial charge in [-0.15, -0.1) is 0 Å². The molecule has 1 N–H and O–H groups in total. The van der Waals surface area contributed by atoms with Crippen LogP contribution in [0.2, 0.25) is 0 Å². The first-order valence-electron chi connectivity index (χ1n) is 6.09. The van der Waals surface area contributed by atoms with Crippen molar-refractivity contribution in [1.29, 1.82) is 0 Å². The first-order valence-corrected chi connectivity index (χ1v) is 6.09. The third-order valence-electron chi connectivity index (χ3n) is 3.19. The summed E-state index contributed by atoms with van der Waals surface area (Å²) in [7, 11) is 2.18. The van der Waals surface area contributed by atoms with Crippen LogP contribution in [0.1, 0.15) is 12.5 Å². The van der Waals surface area contributed by atoms with Gasteiger partial charge in [0.15, 0.2) is 0 Å². The SMILES string of the molecule is CCn1ccc(CNN2CCN(C)CC2)c1. The highest BCUT2D eigenvalue weighted by molar-refractivity contribution is 5.09. The summed E-state index contributed by atoms with van der Waals surface area (Å²) in [6, 6.07) is 2.19. The summed E-state index contributed by atoms with van der Waals surface area (Å²) in [6.45, 7) is 8.70. The maximum atomic E-state index is 3.49. The molecule has 1 aromatic heterocycles. The first-order chi connectivity index (χ1) is 7.78. The van der Waals surface area contributed by atoms with Crippen LogP contribution in [-0.4, -0.2) is 47.7 Å². The van der Waals surface area contributed by atoms with E-state index in [1.54, 1.807) is 0 Å². The monoisotopic (exact) mass is 222 g/mol. The van der Waals surface area contributed by atoms with Crippen LogP contribution in [0.15, 0.2) is 18.5 Å². The number of likely N-dealkylation sites (N-methyl/N-ethyl adjacent to an activating group) is 1. The number of hydrogen-bond acceptors (Lipinski definition) is 3. The Hall–Kier alpha value is -0.840. The first kappa shape index (κ1) is 11.6. The third kappa shape index (κ3) is 3.07. The molecule has 2 heterocycles. The van der Waals surface area contributed by atoms with Crippen molar-refractivity contribution in [2.24, 2.45) is 0 Å². The smallest absolute Gasteiger partial charge is 0.0368 e. The van der Waals surface area contributed by atoms with Crippen LogP contribution in [0, 0.1) is 0 Å². The Morgan fingerprint density at radius 3 is 2.62 bits per heavy atom. The number of hydrazine groups is 1. The molecule has 0 amide bonds. The van der Waals surface area contributed by atoms with Gasteiger partial charge < -0.3 is 9.47 Å². The molecular weight excluding hydrogens is 200 g/mol. The summed E-state index contributed by atoms with van der Waals surface area (Å²) in [6.07, 6.45) is 4.35. The highest BCUT2D eigenvalue weighted by Crippen LogP contribution is 2.02. The highest BCUT2D eigenvalue weighted by Gasteiger charge is 2.12. The molecule has 0 atom stereocenters. The van der Waals surface area contributed by atoms with Crippen molar-refractivity contribution in [1.82, 2.24) is 19.9 Å². The summed E-state index contributed by atoms with van der Waals surface area (Å²) >= 11 is 0. The Labute approximate surface area is 97.8 Å². The van der Waals surface area contributed by atoms with Crippen LogP contribution in [-0.2, 0) is 13.1 Å². The lowest BCUT2D eigenvalue weighted by Gasteiger charge is -2.32. The predicted octanol–water partition coefficient (Wildman–Crippen LogP) is 0.760. The molecular formula is C12H22N4. The van der Waals surface area contributed by atoms with Crippen molar-refractivity contribution < 1.29 is 0 Å². The number of piperazine rings is 1. The van der Waals surface area contributed by atoms with E-state index in [0.29, 0.717) is 0 Å². The van der Waals surface area contributed by atoms with Crippen molar-refractivity contribution in [3.05, 3.63) is 24.0 Å². The quantitative estimate of drug-likeness (QED) is 0.813. The summed E-state index contributed by atoms with van der Waals surface area (Å²) in [5, 5.41) is 2.32. The maximum absolute atomic E-state index is 3.49. The number of nitrogens with one attached hydrogen (secondary N) is 1. The molecule has 1 aliphatic heterocycles. The fraction of sp³-hybridized carbons (Fsp3) is 0.667. The molecule has 90 valence electrons. The van der Waals surface area contributed by atoms with E-state index in [4.69, 9.17) is 0 Å². The van der Waals surface area contributed by atoms with Gasteiger partial charge in [0.25, 0.3) is 0 Å². The zero-order chi connectivity index (χ0) is 11.4. The Morgan fingerprint density at radius 1 is 1.25 bits per heavy atom. The molecule has 0 aliphatic carbocycles. The Morgan fingerprint density at radius 2 is 2.00 bits per heavy atom. The highest BCUT2D eigenvalue weighted by atomic mass is 15.5. The van der Waals surface area contributed by atoms with Gasteiger partial charge in [-0.25, -0.2) is 5.01 Å². The molecule has 0 bridgehead atoms. The van der Waals surface area contributed by atoms with Crippen molar-refractivity contribution in [3.63, 3.8) is 0 Å². The number of hydrogen-bond donors (Lipinski definition) is 1. The molecule has 2 rings (SSSR count). The topological polar surface area (TPSA) is 23.4 Å². The van der Waals surface area contributed by atoms with E-state index in [2.05, 4.69) is 52.3 Å². The van der Waals surface area contributed by atoms with E-state index in [1.165, 1.54) is 5.56 Å². The van der Waals surface area contributed by atoms with E-state index in [9.17, 15) is 0 Å². The van der Waals surface area contributed by atoms with Gasteiger partial charge in [0.2, 0.25) is 0 Å². The van der Waals surface area contributed by atoms with E-state index in [-0.39, 0.29) is 0 Å². The van der Waals surface area contributed by atoms with Gasteiger partial charge in [-0.2, -0.15) is 0 Å². The molecule has 0 spiro atoms. The number of nitrogens with zero attached hydrogens (tertiary/aromatic N) is 3. The molecule has 16 heavy (non-hydrogen) atoms. The van der Waals surface area contributed by atoms with Gasteiger partial charge in [0.1, 0.15) is 0 Å². The maximum Gasteiger partial charge on any atom is 0.0368 e. The third-order valence-corrected chi connectivity index (χ3v) is 3.19. The second-order valence-electron chi connectivity index (χ2n) is 4.48. The average Bonchev–Trinajstić information content (AvgIpc) is 2.76. The van der Waals surface area contributed by atoms with E-state index in [1.807, 2.05) is 0 Å². The molecule has 0 aromatic carbocycles. The molecule has 0 unspecified atom stereocenters. The summed E-state index contributed by atoms with van der Waals surface area (Å²) < 4.78 is 2.21. The van der Waals surface area contributed by atoms with Crippen LogP contribution < -0.4 is 5.43 Å². The van der Waals surface area contributed by atoms with Gasteiger partial charge in [-0.1, -0.05) is 0 Å².